The van der Waals surface area contributed by atoms with Gasteiger partial charge in [-0.1, -0.05) is 25.1 Å². The first-order valence-corrected chi connectivity index (χ1v) is 6.78. The highest BCUT2D eigenvalue weighted by Crippen LogP contribution is 2.22. The molecule has 0 saturated heterocycles. The number of thioether (sulfide) groups is 1. The van der Waals surface area contributed by atoms with E-state index in [-0.39, 0.29) is 0 Å². The third-order valence-corrected chi connectivity index (χ3v) is 3.43. The summed E-state index contributed by atoms with van der Waals surface area (Å²) in [6.45, 7) is 5.26. The zero-order chi connectivity index (χ0) is 11.8. The monoisotopic (exact) mass is 238 g/mol. The van der Waals surface area contributed by atoms with Gasteiger partial charge >= 0.3 is 0 Å². The molecule has 2 nitrogen and oxygen atoms in total. The maximum absolute atomic E-state index is 3.38. The lowest BCUT2D eigenvalue weighted by Crippen LogP contribution is -2.15. The lowest BCUT2D eigenvalue weighted by Gasteiger charge is -2.11. The predicted octanol–water partition coefficient (Wildman–Crippen LogP) is 2.45. The van der Waals surface area contributed by atoms with E-state index in [1.807, 2.05) is 11.8 Å². The maximum Gasteiger partial charge on any atom is 0.0216 e. The van der Waals surface area contributed by atoms with Crippen molar-refractivity contribution >= 4 is 11.8 Å². The van der Waals surface area contributed by atoms with Crippen molar-refractivity contribution in [3.05, 3.63) is 29.8 Å². The second-order valence-corrected chi connectivity index (χ2v) is 5.18. The third kappa shape index (κ3) is 5.01. The summed E-state index contributed by atoms with van der Waals surface area (Å²) < 4.78 is 0. The van der Waals surface area contributed by atoms with E-state index in [1.165, 1.54) is 10.5 Å². The summed E-state index contributed by atoms with van der Waals surface area (Å²) in [5.41, 5.74) is 1.41. The van der Waals surface area contributed by atoms with Crippen molar-refractivity contribution in [3.8, 4) is 0 Å². The van der Waals surface area contributed by atoms with Gasteiger partial charge in [-0.3, -0.25) is 0 Å². The molecule has 1 aromatic rings. The Morgan fingerprint density at radius 2 is 2.00 bits per heavy atom. The van der Waals surface area contributed by atoms with Gasteiger partial charge in [0.25, 0.3) is 0 Å². The molecule has 0 aromatic heterocycles. The molecule has 1 aromatic carbocycles. The normalized spacial score (nSPS) is 11.0. The Balaban J connectivity index is 2.49. The van der Waals surface area contributed by atoms with E-state index >= 15 is 0 Å². The van der Waals surface area contributed by atoms with Crippen LogP contribution in [0.15, 0.2) is 29.2 Å². The van der Waals surface area contributed by atoms with Crippen molar-refractivity contribution in [3.63, 3.8) is 0 Å². The van der Waals surface area contributed by atoms with Crippen LogP contribution in [0.2, 0.25) is 0 Å². The molecule has 1 N–H and O–H groups in total. The van der Waals surface area contributed by atoms with Gasteiger partial charge in [0.2, 0.25) is 0 Å². The Hall–Kier alpha value is -0.510. The summed E-state index contributed by atoms with van der Waals surface area (Å²) in [5.74, 6) is 1.15. The minimum atomic E-state index is 0.974. The van der Waals surface area contributed by atoms with Crippen LogP contribution in [0.4, 0.5) is 0 Å². The van der Waals surface area contributed by atoms with Crippen LogP contribution >= 0.6 is 11.8 Å². The van der Waals surface area contributed by atoms with Crippen LogP contribution in [0.1, 0.15) is 12.5 Å². The summed E-state index contributed by atoms with van der Waals surface area (Å²) in [7, 11) is 4.23. The predicted molar refractivity (Wildman–Crippen MR) is 73.1 cm³/mol. The highest BCUT2D eigenvalue weighted by atomic mass is 32.2. The number of nitrogens with one attached hydrogen (secondary N) is 1. The lowest BCUT2D eigenvalue weighted by molar-refractivity contribution is 0.437. The number of hydrogen-bond acceptors (Lipinski definition) is 3. The zero-order valence-corrected chi connectivity index (χ0v) is 11.3. The van der Waals surface area contributed by atoms with Crippen molar-refractivity contribution in [1.82, 2.24) is 10.2 Å². The molecule has 0 radical (unpaired) electrons. The minimum Gasteiger partial charge on any atom is -0.313 e. The number of benzene rings is 1. The zero-order valence-electron chi connectivity index (χ0n) is 10.5. The Labute approximate surface area is 103 Å². The van der Waals surface area contributed by atoms with Gasteiger partial charge in [0.15, 0.2) is 0 Å². The summed E-state index contributed by atoms with van der Waals surface area (Å²) in [6, 6.07) is 8.66. The minimum absolute atomic E-state index is 0.974. The van der Waals surface area contributed by atoms with Gasteiger partial charge in [-0.2, -0.15) is 0 Å². The average Bonchev–Trinajstić information content (AvgIpc) is 2.27. The fraction of sp³-hybridized carbons (Fsp3) is 0.538. The fourth-order valence-electron chi connectivity index (χ4n) is 1.39. The van der Waals surface area contributed by atoms with Gasteiger partial charge in [0.1, 0.15) is 0 Å². The number of nitrogens with zero attached hydrogens (tertiary/aromatic N) is 1. The van der Waals surface area contributed by atoms with E-state index in [1.54, 1.807) is 0 Å². The lowest BCUT2D eigenvalue weighted by atomic mass is 10.2. The van der Waals surface area contributed by atoms with Gasteiger partial charge in [-0.05, 0) is 32.3 Å². The standard InChI is InChI=1S/C13H22N2S/c1-4-14-11-12-7-5-6-8-13(12)16-10-9-15(2)3/h5-8,14H,4,9-11H2,1-3H3. The van der Waals surface area contributed by atoms with Crippen LogP contribution in [0.25, 0.3) is 0 Å². The van der Waals surface area contributed by atoms with Crippen molar-refractivity contribution in [2.45, 2.75) is 18.4 Å². The first-order chi connectivity index (χ1) is 7.74. The van der Waals surface area contributed by atoms with E-state index in [2.05, 4.69) is 55.5 Å². The van der Waals surface area contributed by atoms with Gasteiger partial charge in [0, 0.05) is 23.7 Å². The van der Waals surface area contributed by atoms with Gasteiger partial charge in [-0.25, -0.2) is 0 Å². The molecule has 0 fully saturated rings. The maximum atomic E-state index is 3.38. The second-order valence-electron chi connectivity index (χ2n) is 4.04. The molecule has 0 amide bonds. The summed E-state index contributed by atoms with van der Waals surface area (Å²) in [4.78, 5) is 3.63. The molecular formula is C13H22N2S. The Morgan fingerprint density at radius 3 is 2.69 bits per heavy atom. The largest absolute Gasteiger partial charge is 0.313 e. The topological polar surface area (TPSA) is 15.3 Å². The van der Waals surface area contributed by atoms with Crippen LogP contribution in [-0.2, 0) is 6.54 Å². The molecule has 1 rings (SSSR count). The van der Waals surface area contributed by atoms with Crippen molar-refractivity contribution in [1.29, 1.82) is 0 Å². The second kappa shape index (κ2) is 7.71. The van der Waals surface area contributed by atoms with Gasteiger partial charge < -0.3 is 10.2 Å². The molecule has 0 heterocycles. The third-order valence-electron chi connectivity index (χ3n) is 2.33. The molecule has 0 unspecified atom stereocenters. The molecule has 90 valence electrons. The van der Waals surface area contributed by atoms with Crippen LogP contribution < -0.4 is 5.32 Å². The van der Waals surface area contributed by atoms with E-state index in [9.17, 15) is 0 Å². The summed E-state index contributed by atoms with van der Waals surface area (Å²) >= 11 is 1.94. The first kappa shape index (κ1) is 13.6. The van der Waals surface area contributed by atoms with Gasteiger partial charge in [0.05, 0.1) is 0 Å². The highest BCUT2D eigenvalue weighted by Gasteiger charge is 2.01. The first-order valence-electron chi connectivity index (χ1n) is 5.80. The van der Waals surface area contributed by atoms with Crippen LogP contribution in [-0.4, -0.2) is 37.8 Å². The molecule has 0 spiro atoms. The molecule has 16 heavy (non-hydrogen) atoms. The Bertz CT molecular complexity index is 300. The Morgan fingerprint density at radius 1 is 1.25 bits per heavy atom. The molecule has 0 bridgehead atoms. The van der Waals surface area contributed by atoms with Crippen LogP contribution in [0.3, 0.4) is 0 Å². The fourth-order valence-corrected chi connectivity index (χ4v) is 2.57. The molecular weight excluding hydrogens is 216 g/mol. The quantitative estimate of drug-likeness (QED) is 0.735. The molecule has 0 aliphatic carbocycles. The van der Waals surface area contributed by atoms with Crippen molar-refractivity contribution in [2.24, 2.45) is 0 Å². The van der Waals surface area contributed by atoms with E-state index < -0.39 is 0 Å². The van der Waals surface area contributed by atoms with Crippen LogP contribution in [0.5, 0.6) is 0 Å². The van der Waals surface area contributed by atoms with Crippen molar-refractivity contribution in [2.75, 3.05) is 32.9 Å². The summed E-state index contributed by atoms with van der Waals surface area (Å²) in [5, 5.41) is 3.38. The van der Waals surface area contributed by atoms with Crippen LogP contribution in [0, 0.1) is 0 Å². The number of rotatable bonds is 7. The summed E-state index contributed by atoms with van der Waals surface area (Å²) in [6.07, 6.45) is 0. The molecule has 0 saturated carbocycles. The molecule has 0 atom stereocenters. The smallest absolute Gasteiger partial charge is 0.0216 e. The average molecular weight is 238 g/mol. The van der Waals surface area contributed by atoms with Gasteiger partial charge in [-0.15, -0.1) is 11.8 Å². The SMILES string of the molecule is CCNCc1ccccc1SCCN(C)C. The Kier molecular flexibility index (Phi) is 6.53. The molecule has 0 aliphatic rings. The highest BCUT2D eigenvalue weighted by molar-refractivity contribution is 7.99. The van der Waals surface area contributed by atoms with E-state index in [0.717, 1.165) is 25.4 Å². The van der Waals surface area contributed by atoms with Crippen molar-refractivity contribution < 1.29 is 0 Å². The van der Waals surface area contributed by atoms with E-state index in [4.69, 9.17) is 0 Å². The molecule has 3 heteroatoms. The molecule has 0 aliphatic heterocycles. The van der Waals surface area contributed by atoms with E-state index in [0.29, 0.717) is 0 Å². The number of hydrogen-bond donors (Lipinski definition) is 1.